The van der Waals surface area contributed by atoms with Crippen LogP contribution in [0.2, 0.25) is 5.02 Å². The summed E-state index contributed by atoms with van der Waals surface area (Å²) in [5.74, 6) is -0.791. The Hall–Kier alpha value is -2.55. The van der Waals surface area contributed by atoms with Gasteiger partial charge in [-0.05, 0) is 47.8 Å². The van der Waals surface area contributed by atoms with Gasteiger partial charge in [-0.15, -0.1) is 11.3 Å². The van der Waals surface area contributed by atoms with Crippen LogP contribution < -0.4 is 9.46 Å². The Kier molecular flexibility index (Phi) is 5.17. The molecule has 0 saturated heterocycles. The standard InChI is InChI=1S/C17H12ClNO5S2/c18-11-5-7-12(8-6-11)26(22,23)19-13-3-1-2-4-14(13)24-15-9-10-25-16(15)17(20)21/h1-10,19H,(H,20,21). The van der Waals surface area contributed by atoms with Gasteiger partial charge in [-0.25, -0.2) is 13.2 Å². The number of hydrogen-bond acceptors (Lipinski definition) is 5. The van der Waals surface area contributed by atoms with Gasteiger partial charge < -0.3 is 9.84 Å². The average molecular weight is 410 g/mol. The predicted octanol–water partition coefficient (Wildman–Crippen LogP) is 4.69. The fraction of sp³-hybridized carbons (Fsp3) is 0. The fourth-order valence-corrected chi connectivity index (χ4v) is 3.96. The van der Waals surface area contributed by atoms with Crippen LogP contribution in [0.25, 0.3) is 0 Å². The van der Waals surface area contributed by atoms with Crippen molar-refractivity contribution in [2.24, 2.45) is 0 Å². The first kappa shape index (κ1) is 18.2. The Labute approximate surface area is 158 Å². The number of ether oxygens (including phenoxy) is 1. The average Bonchev–Trinajstić information content (AvgIpc) is 3.05. The maximum atomic E-state index is 12.5. The SMILES string of the molecule is O=C(O)c1sccc1Oc1ccccc1NS(=O)(=O)c1ccc(Cl)cc1. The van der Waals surface area contributed by atoms with Crippen molar-refractivity contribution in [1.29, 1.82) is 0 Å². The van der Waals surface area contributed by atoms with Crippen LogP contribution in [-0.2, 0) is 10.0 Å². The maximum Gasteiger partial charge on any atom is 0.349 e. The molecular formula is C17H12ClNO5S2. The monoisotopic (exact) mass is 409 g/mol. The third kappa shape index (κ3) is 3.98. The molecule has 1 aromatic heterocycles. The third-order valence-corrected chi connectivity index (χ3v) is 5.82. The van der Waals surface area contributed by atoms with E-state index in [9.17, 15) is 13.2 Å². The summed E-state index contributed by atoms with van der Waals surface area (Å²) < 4.78 is 33.2. The van der Waals surface area contributed by atoms with Crippen LogP contribution in [0.5, 0.6) is 11.5 Å². The number of carboxylic acid groups (broad SMARTS) is 1. The van der Waals surface area contributed by atoms with Crippen LogP contribution in [0, 0.1) is 0 Å². The topological polar surface area (TPSA) is 92.7 Å². The number of aromatic carboxylic acids is 1. The number of nitrogens with one attached hydrogen (secondary N) is 1. The molecule has 0 aliphatic carbocycles. The minimum Gasteiger partial charge on any atom is -0.477 e. The van der Waals surface area contributed by atoms with Crippen molar-refractivity contribution in [2.75, 3.05) is 4.72 Å². The number of para-hydroxylation sites is 2. The van der Waals surface area contributed by atoms with Gasteiger partial charge in [0.15, 0.2) is 16.4 Å². The molecule has 0 atom stereocenters. The normalized spacial score (nSPS) is 11.1. The zero-order valence-electron chi connectivity index (χ0n) is 13.0. The Morgan fingerprint density at radius 2 is 1.73 bits per heavy atom. The van der Waals surface area contributed by atoms with Crippen molar-refractivity contribution in [1.82, 2.24) is 0 Å². The molecule has 0 saturated carbocycles. The third-order valence-electron chi connectivity index (χ3n) is 3.30. The van der Waals surface area contributed by atoms with Gasteiger partial charge in [-0.1, -0.05) is 23.7 Å². The van der Waals surface area contributed by atoms with E-state index >= 15 is 0 Å². The molecule has 134 valence electrons. The second-order valence-electron chi connectivity index (χ2n) is 5.08. The van der Waals surface area contributed by atoms with Gasteiger partial charge in [0, 0.05) is 5.02 Å². The summed E-state index contributed by atoms with van der Waals surface area (Å²) in [4.78, 5) is 11.3. The summed E-state index contributed by atoms with van der Waals surface area (Å²) in [6.45, 7) is 0. The summed E-state index contributed by atoms with van der Waals surface area (Å²) in [7, 11) is -3.86. The van der Waals surface area contributed by atoms with E-state index in [0.717, 1.165) is 11.3 Å². The van der Waals surface area contributed by atoms with E-state index in [2.05, 4.69) is 4.72 Å². The molecule has 0 fully saturated rings. The number of thiophene rings is 1. The molecule has 0 bridgehead atoms. The molecule has 2 N–H and O–H groups in total. The number of anilines is 1. The summed E-state index contributed by atoms with van der Waals surface area (Å²) in [5.41, 5.74) is 0.185. The van der Waals surface area contributed by atoms with E-state index in [1.54, 1.807) is 23.6 Å². The van der Waals surface area contributed by atoms with Crippen LogP contribution in [-0.4, -0.2) is 19.5 Å². The first-order valence-corrected chi connectivity index (χ1v) is 9.97. The van der Waals surface area contributed by atoms with Crippen molar-refractivity contribution in [2.45, 2.75) is 4.90 Å². The van der Waals surface area contributed by atoms with Crippen molar-refractivity contribution in [3.8, 4) is 11.5 Å². The summed E-state index contributed by atoms with van der Waals surface area (Å²) in [6, 6.07) is 13.6. The second-order valence-corrected chi connectivity index (χ2v) is 8.11. The summed E-state index contributed by atoms with van der Waals surface area (Å²) in [5, 5.41) is 11.2. The van der Waals surface area contributed by atoms with Gasteiger partial charge in [0.2, 0.25) is 0 Å². The number of hydrogen-bond donors (Lipinski definition) is 2. The molecule has 9 heteroatoms. The van der Waals surface area contributed by atoms with Gasteiger partial charge in [-0.2, -0.15) is 0 Å². The minimum absolute atomic E-state index is 0.0281. The minimum atomic E-state index is -3.86. The highest BCUT2D eigenvalue weighted by Gasteiger charge is 2.19. The number of rotatable bonds is 6. The zero-order valence-corrected chi connectivity index (χ0v) is 15.4. The van der Waals surface area contributed by atoms with Crippen molar-refractivity contribution < 1.29 is 23.1 Å². The molecule has 1 heterocycles. The van der Waals surface area contributed by atoms with E-state index in [0.29, 0.717) is 5.02 Å². The second kappa shape index (κ2) is 7.36. The van der Waals surface area contributed by atoms with Crippen molar-refractivity contribution in [3.63, 3.8) is 0 Å². The van der Waals surface area contributed by atoms with Gasteiger partial charge >= 0.3 is 5.97 Å². The van der Waals surface area contributed by atoms with E-state index in [1.807, 2.05) is 0 Å². The number of benzene rings is 2. The molecular weight excluding hydrogens is 398 g/mol. The highest BCUT2D eigenvalue weighted by atomic mass is 35.5. The van der Waals surface area contributed by atoms with Crippen LogP contribution in [0.3, 0.4) is 0 Å². The van der Waals surface area contributed by atoms with E-state index in [1.165, 1.54) is 36.4 Å². The van der Waals surface area contributed by atoms with Crippen LogP contribution in [0.4, 0.5) is 5.69 Å². The molecule has 0 unspecified atom stereocenters. The quantitative estimate of drug-likeness (QED) is 0.615. The Bertz CT molecular complexity index is 1050. The van der Waals surface area contributed by atoms with Crippen LogP contribution in [0.15, 0.2) is 64.9 Å². The molecule has 0 spiro atoms. The lowest BCUT2D eigenvalue weighted by molar-refractivity contribution is 0.0699. The molecule has 3 rings (SSSR count). The Morgan fingerprint density at radius 3 is 2.42 bits per heavy atom. The maximum absolute atomic E-state index is 12.5. The number of halogens is 1. The smallest absolute Gasteiger partial charge is 0.349 e. The zero-order chi connectivity index (χ0) is 18.7. The van der Waals surface area contributed by atoms with Gasteiger partial charge in [0.1, 0.15) is 0 Å². The van der Waals surface area contributed by atoms with Gasteiger partial charge in [-0.3, -0.25) is 4.72 Å². The Balaban J connectivity index is 1.91. The lowest BCUT2D eigenvalue weighted by Crippen LogP contribution is -2.13. The first-order chi connectivity index (χ1) is 12.4. The number of carboxylic acids is 1. The van der Waals surface area contributed by atoms with E-state index in [4.69, 9.17) is 21.4 Å². The largest absolute Gasteiger partial charge is 0.477 e. The summed E-state index contributed by atoms with van der Waals surface area (Å²) in [6.07, 6.45) is 0. The molecule has 3 aromatic rings. The van der Waals surface area contributed by atoms with E-state index in [-0.39, 0.29) is 27.0 Å². The van der Waals surface area contributed by atoms with Crippen LogP contribution in [0.1, 0.15) is 9.67 Å². The predicted molar refractivity (Wildman–Crippen MR) is 100 cm³/mol. The van der Waals surface area contributed by atoms with Gasteiger partial charge in [0.25, 0.3) is 10.0 Å². The molecule has 0 aliphatic rings. The number of sulfonamides is 1. The van der Waals surface area contributed by atoms with E-state index < -0.39 is 16.0 Å². The fourth-order valence-electron chi connectivity index (χ4n) is 2.11. The lowest BCUT2D eigenvalue weighted by atomic mass is 10.3. The van der Waals surface area contributed by atoms with Crippen molar-refractivity contribution in [3.05, 3.63) is 69.9 Å². The lowest BCUT2D eigenvalue weighted by Gasteiger charge is -2.13. The molecule has 0 amide bonds. The summed E-state index contributed by atoms with van der Waals surface area (Å²) >= 11 is 6.80. The molecule has 6 nitrogen and oxygen atoms in total. The molecule has 0 radical (unpaired) electrons. The molecule has 2 aromatic carbocycles. The Morgan fingerprint density at radius 1 is 1.04 bits per heavy atom. The molecule has 26 heavy (non-hydrogen) atoms. The van der Waals surface area contributed by atoms with Crippen LogP contribution >= 0.6 is 22.9 Å². The molecule has 0 aliphatic heterocycles. The van der Waals surface area contributed by atoms with Crippen molar-refractivity contribution >= 4 is 44.6 Å². The number of carbonyl (C=O) groups is 1. The first-order valence-electron chi connectivity index (χ1n) is 7.23. The highest BCUT2D eigenvalue weighted by Crippen LogP contribution is 2.34. The highest BCUT2D eigenvalue weighted by molar-refractivity contribution is 7.92. The van der Waals surface area contributed by atoms with Gasteiger partial charge in [0.05, 0.1) is 10.6 Å².